The van der Waals surface area contributed by atoms with Crippen LogP contribution < -0.4 is 0 Å². The molecule has 18 heavy (non-hydrogen) atoms. The van der Waals surface area contributed by atoms with Crippen molar-refractivity contribution in [2.24, 2.45) is 0 Å². The number of benzene rings is 2. The first-order chi connectivity index (χ1) is 8.93. The zero-order valence-corrected chi connectivity index (χ0v) is 14.0. The molecule has 3 rings (SSSR count). The summed E-state index contributed by atoms with van der Waals surface area (Å²) in [4.78, 5) is 5.42. The largest absolute Gasteiger partial charge is 0.0610 e. The molecule has 2 aromatic rings. The fraction of sp³-hybridized carbons (Fsp3) is 0. The summed E-state index contributed by atoms with van der Waals surface area (Å²) >= 11 is 0. The van der Waals surface area contributed by atoms with Gasteiger partial charge in [-0.2, -0.15) is 0 Å². The predicted octanol–water partition coefficient (Wildman–Crippen LogP) is 6.90. The number of fused-ring (bicyclic) bond motifs is 2. The molecule has 0 amide bonds. The van der Waals surface area contributed by atoms with E-state index in [9.17, 15) is 0 Å². The Morgan fingerprint density at radius 3 is 1.00 bits per heavy atom. The molecule has 1 heterocycles. The van der Waals surface area contributed by atoms with Crippen molar-refractivity contribution in [2.75, 3.05) is 0 Å². The Bertz CT molecular complexity index is 446. The molecule has 0 fully saturated rings. The standard InChI is InChI=1S/C12H8S6/c1-2-6-10-9(5-1)13-17-15-11-7-3-4-8-12(11)16-18-14-10/h1-8H. The normalized spacial score (nSPS) is 15.6. The minimum absolute atomic E-state index is 1.35. The average molecular weight is 345 g/mol. The lowest BCUT2D eigenvalue weighted by molar-refractivity contribution is 1.26. The van der Waals surface area contributed by atoms with Gasteiger partial charge < -0.3 is 0 Å². The molecular formula is C12H8S6. The molecule has 0 saturated heterocycles. The number of rotatable bonds is 0. The number of hydrogen-bond acceptors (Lipinski definition) is 6. The predicted molar refractivity (Wildman–Crippen MR) is 91.5 cm³/mol. The molecule has 6 heteroatoms. The van der Waals surface area contributed by atoms with Gasteiger partial charge in [0.05, 0.1) is 0 Å². The molecule has 0 spiro atoms. The van der Waals surface area contributed by atoms with Gasteiger partial charge >= 0.3 is 0 Å². The SMILES string of the molecule is c1ccc2c(c1)SSSc1ccccc1SSS2. The summed E-state index contributed by atoms with van der Waals surface area (Å²) < 4.78 is 0. The van der Waals surface area contributed by atoms with E-state index in [-0.39, 0.29) is 0 Å². The highest BCUT2D eigenvalue weighted by molar-refractivity contribution is 9.10. The molecule has 0 unspecified atom stereocenters. The monoisotopic (exact) mass is 344 g/mol. The Kier molecular flexibility index (Phi) is 5.12. The first-order valence-corrected chi connectivity index (χ1v) is 12.1. The molecule has 0 N–H and O–H groups in total. The van der Waals surface area contributed by atoms with Crippen molar-refractivity contribution < 1.29 is 0 Å². The van der Waals surface area contributed by atoms with Gasteiger partial charge in [-0.1, -0.05) is 24.3 Å². The molecule has 0 saturated carbocycles. The van der Waals surface area contributed by atoms with Gasteiger partial charge in [0.25, 0.3) is 0 Å². The summed E-state index contributed by atoms with van der Waals surface area (Å²) in [6.07, 6.45) is 0. The van der Waals surface area contributed by atoms with Gasteiger partial charge in [-0.3, -0.25) is 0 Å². The van der Waals surface area contributed by atoms with Crippen LogP contribution in [-0.2, 0) is 0 Å². The quantitative estimate of drug-likeness (QED) is 0.473. The summed E-state index contributed by atoms with van der Waals surface area (Å²) in [6.45, 7) is 0. The zero-order valence-electron chi connectivity index (χ0n) is 9.07. The fourth-order valence-corrected chi connectivity index (χ4v) is 10.1. The molecule has 92 valence electrons. The third-order valence-corrected chi connectivity index (χ3v) is 10.3. The van der Waals surface area contributed by atoms with Crippen LogP contribution in [0.25, 0.3) is 0 Å². The molecule has 0 aromatic heterocycles. The van der Waals surface area contributed by atoms with Gasteiger partial charge in [0.2, 0.25) is 0 Å². The first-order valence-electron chi connectivity index (χ1n) is 5.14. The van der Waals surface area contributed by atoms with E-state index in [1.165, 1.54) is 19.6 Å². The van der Waals surface area contributed by atoms with E-state index in [1.54, 1.807) is 0 Å². The fourth-order valence-electron chi connectivity index (χ4n) is 1.36. The van der Waals surface area contributed by atoms with Crippen molar-refractivity contribution in [3.05, 3.63) is 48.5 Å². The Hall–Kier alpha value is 0.540. The van der Waals surface area contributed by atoms with Gasteiger partial charge in [-0.15, -0.1) is 0 Å². The zero-order chi connectivity index (χ0) is 12.2. The highest BCUT2D eigenvalue weighted by Gasteiger charge is 2.11. The molecule has 0 aliphatic carbocycles. The summed E-state index contributed by atoms with van der Waals surface area (Å²) in [7, 11) is 11.0. The van der Waals surface area contributed by atoms with Gasteiger partial charge in [-0.25, -0.2) is 0 Å². The molecule has 2 aromatic carbocycles. The molecule has 0 nitrogen and oxygen atoms in total. The van der Waals surface area contributed by atoms with Gasteiger partial charge in [0, 0.05) is 19.6 Å². The van der Waals surface area contributed by atoms with Crippen LogP contribution >= 0.6 is 62.8 Å². The second-order valence-electron chi connectivity index (χ2n) is 3.36. The van der Waals surface area contributed by atoms with E-state index in [2.05, 4.69) is 48.5 Å². The number of hydrogen-bond donors (Lipinski definition) is 0. The summed E-state index contributed by atoms with van der Waals surface area (Å²) in [5.74, 6) is 0. The van der Waals surface area contributed by atoms with Crippen molar-refractivity contribution in [1.29, 1.82) is 0 Å². The lowest BCUT2D eigenvalue weighted by atomic mass is 10.4. The lowest BCUT2D eigenvalue weighted by Crippen LogP contribution is -1.76. The Morgan fingerprint density at radius 2 is 0.722 bits per heavy atom. The third-order valence-electron chi connectivity index (χ3n) is 2.19. The van der Waals surface area contributed by atoms with Crippen LogP contribution in [0.1, 0.15) is 0 Å². The van der Waals surface area contributed by atoms with E-state index in [0.29, 0.717) is 0 Å². The van der Waals surface area contributed by atoms with Crippen LogP contribution in [0.2, 0.25) is 0 Å². The third kappa shape index (κ3) is 3.35. The average Bonchev–Trinajstić information content (AvgIpc) is 2.43. The van der Waals surface area contributed by atoms with Crippen molar-refractivity contribution in [3.8, 4) is 0 Å². The highest BCUT2D eigenvalue weighted by atomic mass is 33.5. The van der Waals surface area contributed by atoms with Crippen LogP contribution in [-0.4, -0.2) is 0 Å². The summed E-state index contributed by atoms with van der Waals surface area (Å²) in [6, 6.07) is 17.2. The van der Waals surface area contributed by atoms with Crippen LogP contribution in [0.4, 0.5) is 0 Å². The Morgan fingerprint density at radius 1 is 0.444 bits per heavy atom. The van der Waals surface area contributed by atoms with Crippen LogP contribution in [0.5, 0.6) is 0 Å². The second kappa shape index (κ2) is 6.81. The van der Waals surface area contributed by atoms with Crippen molar-refractivity contribution in [2.45, 2.75) is 19.6 Å². The van der Waals surface area contributed by atoms with E-state index in [4.69, 9.17) is 0 Å². The van der Waals surface area contributed by atoms with Crippen LogP contribution in [0.3, 0.4) is 0 Å². The Balaban J connectivity index is 1.85. The minimum Gasteiger partial charge on any atom is -0.0610 e. The Labute approximate surface area is 130 Å². The van der Waals surface area contributed by atoms with E-state index < -0.39 is 0 Å². The minimum atomic E-state index is 1.35. The first kappa shape index (κ1) is 13.5. The molecule has 1 aliphatic heterocycles. The van der Waals surface area contributed by atoms with Gasteiger partial charge in [0.15, 0.2) is 0 Å². The highest BCUT2D eigenvalue weighted by Crippen LogP contribution is 2.55. The summed E-state index contributed by atoms with van der Waals surface area (Å²) in [5, 5.41) is 0. The molecule has 0 bridgehead atoms. The van der Waals surface area contributed by atoms with E-state index in [1.807, 2.05) is 62.8 Å². The van der Waals surface area contributed by atoms with E-state index >= 15 is 0 Å². The van der Waals surface area contributed by atoms with Crippen LogP contribution in [0, 0.1) is 0 Å². The molecular weight excluding hydrogens is 337 g/mol. The second-order valence-corrected chi connectivity index (χ2v) is 11.3. The van der Waals surface area contributed by atoms with Crippen molar-refractivity contribution in [3.63, 3.8) is 0 Å². The molecule has 1 aliphatic rings. The van der Waals surface area contributed by atoms with Crippen molar-refractivity contribution >= 4 is 62.8 Å². The maximum Gasteiger partial charge on any atom is 0.0336 e. The summed E-state index contributed by atoms with van der Waals surface area (Å²) in [5.41, 5.74) is 0. The molecule has 0 atom stereocenters. The smallest absolute Gasteiger partial charge is 0.0336 e. The maximum absolute atomic E-state index is 2.19. The maximum atomic E-state index is 2.19. The van der Waals surface area contributed by atoms with Crippen LogP contribution in [0.15, 0.2) is 68.1 Å². The van der Waals surface area contributed by atoms with Crippen molar-refractivity contribution in [1.82, 2.24) is 0 Å². The lowest BCUT2D eigenvalue weighted by Gasteiger charge is -2.11. The van der Waals surface area contributed by atoms with E-state index in [0.717, 1.165) is 0 Å². The van der Waals surface area contributed by atoms with Gasteiger partial charge in [0.1, 0.15) is 0 Å². The molecule has 0 radical (unpaired) electrons. The van der Waals surface area contributed by atoms with Gasteiger partial charge in [-0.05, 0) is 87.1 Å². The topological polar surface area (TPSA) is 0 Å².